The van der Waals surface area contributed by atoms with Gasteiger partial charge in [0.2, 0.25) is 0 Å². The van der Waals surface area contributed by atoms with E-state index >= 15 is 0 Å². The van der Waals surface area contributed by atoms with E-state index in [1.807, 2.05) is 0 Å². The van der Waals surface area contributed by atoms with Crippen LogP contribution < -0.4 is 0 Å². The van der Waals surface area contributed by atoms with Crippen molar-refractivity contribution in [2.75, 3.05) is 13.2 Å². The number of unbranched alkanes of at least 4 members (excludes halogenated alkanes) is 1. The quantitative estimate of drug-likeness (QED) is 0.610. The van der Waals surface area contributed by atoms with Gasteiger partial charge >= 0.3 is 0 Å². The molecular formula is C13H24O. The molecule has 0 aromatic rings. The molecule has 3 atom stereocenters. The van der Waals surface area contributed by atoms with E-state index < -0.39 is 0 Å². The van der Waals surface area contributed by atoms with E-state index in [1.54, 1.807) is 0 Å². The maximum absolute atomic E-state index is 5.71. The lowest BCUT2D eigenvalue weighted by molar-refractivity contribution is 0.0761. The Morgan fingerprint density at radius 2 is 2.29 bits per heavy atom. The van der Waals surface area contributed by atoms with Gasteiger partial charge in [0.25, 0.3) is 0 Å². The van der Waals surface area contributed by atoms with Crippen LogP contribution in [-0.2, 0) is 4.74 Å². The minimum absolute atomic E-state index is 0.764. The molecule has 2 rings (SSSR count). The van der Waals surface area contributed by atoms with E-state index in [1.165, 1.54) is 38.5 Å². The van der Waals surface area contributed by atoms with Gasteiger partial charge in [-0.1, -0.05) is 20.3 Å². The predicted molar refractivity (Wildman–Crippen MR) is 59.3 cm³/mol. The van der Waals surface area contributed by atoms with Crippen molar-refractivity contribution < 1.29 is 4.74 Å². The summed E-state index contributed by atoms with van der Waals surface area (Å²) in [5.41, 5.74) is 0.764. The minimum atomic E-state index is 0.764. The van der Waals surface area contributed by atoms with Crippen LogP contribution in [0, 0.1) is 17.3 Å². The maximum atomic E-state index is 5.71. The molecule has 0 aromatic heterocycles. The Morgan fingerprint density at radius 1 is 1.43 bits per heavy atom. The Bertz CT molecular complexity index is 190. The van der Waals surface area contributed by atoms with Crippen molar-refractivity contribution in [3.8, 4) is 0 Å². The third-order valence-corrected chi connectivity index (χ3v) is 4.28. The lowest BCUT2D eigenvalue weighted by Gasteiger charge is -2.25. The lowest BCUT2D eigenvalue weighted by atomic mass is 9.83. The average molecular weight is 196 g/mol. The Balaban J connectivity index is 1.59. The Hall–Kier alpha value is -0.0400. The summed E-state index contributed by atoms with van der Waals surface area (Å²) in [6.07, 6.45) is 8.30. The first-order valence-electron chi connectivity index (χ1n) is 6.32. The van der Waals surface area contributed by atoms with E-state index in [2.05, 4.69) is 13.8 Å². The molecule has 1 nitrogen and oxygen atoms in total. The van der Waals surface area contributed by atoms with Crippen LogP contribution in [0.5, 0.6) is 0 Å². The summed E-state index contributed by atoms with van der Waals surface area (Å²) in [7, 11) is 0. The molecule has 14 heavy (non-hydrogen) atoms. The Kier molecular flexibility index (Phi) is 3.16. The number of hydrogen-bond acceptors (Lipinski definition) is 1. The van der Waals surface area contributed by atoms with Crippen LogP contribution >= 0.6 is 0 Å². The summed E-state index contributed by atoms with van der Waals surface area (Å²) in [5, 5.41) is 0. The van der Waals surface area contributed by atoms with Crippen LogP contribution in [0.15, 0.2) is 0 Å². The van der Waals surface area contributed by atoms with Gasteiger partial charge in [0.15, 0.2) is 0 Å². The molecule has 0 radical (unpaired) electrons. The van der Waals surface area contributed by atoms with Gasteiger partial charge in [0, 0.05) is 13.2 Å². The molecule has 2 saturated carbocycles. The highest BCUT2D eigenvalue weighted by molar-refractivity contribution is 5.02. The molecule has 0 aromatic carbocycles. The molecule has 0 amide bonds. The number of ether oxygens (including phenoxy) is 1. The normalized spacial score (nSPS) is 40.7. The minimum Gasteiger partial charge on any atom is -0.381 e. The highest BCUT2D eigenvalue weighted by Crippen LogP contribution is 2.62. The van der Waals surface area contributed by atoms with Crippen molar-refractivity contribution in [1.29, 1.82) is 0 Å². The summed E-state index contributed by atoms with van der Waals surface area (Å²) in [4.78, 5) is 0. The van der Waals surface area contributed by atoms with Crippen LogP contribution in [0.3, 0.4) is 0 Å². The molecule has 1 heteroatoms. The SMILES string of the molecule is CCCCOCC1CCC2(C)CC2C1. The number of hydrogen-bond donors (Lipinski definition) is 0. The first-order valence-corrected chi connectivity index (χ1v) is 6.32. The smallest absolute Gasteiger partial charge is 0.0494 e. The molecule has 0 aliphatic heterocycles. The zero-order chi connectivity index (χ0) is 10.0. The third kappa shape index (κ3) is 2.31. The summed E-state index contributed by atoms with van der Waals surface area (Å²) in [5.74, 6) is 1.93. The molecule has 2 aliphatic rings. The molecule has 3 unspecified atom stereocenters. The zero-order valence-corrected chi connectivity index (χ0v) is 9.72. The second-order valence-corrected chi connectivity index (χ2v) is 5.62. The number of rotatable bonds is 5. The van der Waals surface area contributed by atoms with Gasteiger partial charge in [-0.15, -0.1) is 0 Å². The molecule has 0 N–H and O–H groups in total. The monoisotopic (exact) mass is 196 g/mol. The fourth-order valence-electron chi connectivity index (χ4n) is 2.88. The van der Waals surface area contributed by atoms with E-state index in [0.717, 1.165) is 30.5 Å². The molecule has 82 valence electrons. The van der Waals surface area contributed by atoms with Gasteiger partial charge < -0.3 is 4.74 Å². The molecule has 2 aliphatic carbocycles. The standard InChI is InChI=1S/C13H24O/c1-3-4-7-14-10-11-5-6-13(2)9-12(13)8-11/h11-12H,3-10H2,1-2H3. The summed E-state index contributed by atoms with van der Waals surface area (Å²) >= 11 is 0. The van der Waals surface area contributed by atoms with Gasteiger partial charge in [-0.3, -0.25) is 0 Å². The fourth-order valence-corrected chi connectivity index (χ4v) is 2.88. The second kappa shape index (κ2) is 4.22. The fraction of sp³-hybridized carbons (Fsp3) is 1.00. The lowest BCUT2D eigenvalue weighted by Crippen LogP contribution is -2.18. The van der Waals surface area contributed by atoms with E-state index in [0.29, 0.717) is 0 Å². The largest absolute Gasteiger partial charge is 0.381 e. The molecule has 2 fully saturated rings. The van der Waals surface area contributed by atoms with E-state index in [4.69, 9.17) is 4.74 Å². The predicted octanol–water partition coefficient (Wildman–Crippen LogP) is 3.63. The highest BCUT2D eigenvalue weighted by Gasteiger charge is 2.52. The Labute approximate surface area is 88.2 Å². The molecular weight excluding hydrogens is 172 g/mol. The topological polar surface area (TPSA) is 9.23 Å². The second-order valence-electron chi connectivity index (χ2n) is 5.62. The average Bonchev–Trinajstić information content (AvgIpc) is 2.84. The molecule has 0 saturated heterocycles. The molecule has 0 heterocycles. The highest BCUT2D eigenvalue weighted by atomic mass is 16.5. The van der Waals surface area contributed by atoms with Crippen molar-refractivity contribution in [2.45, 2.75) is 52.4 Å². The van der Waals surface area contributed by atoms with E-state index in [9.17, 15) is 0 Å². The zero-order valence-electron chi connectivity index (χ0n) is 9.72. The first-order chi connectivity index (χ1) is 6.74. The van der Waals surface area contributed by atoms with Crippen molar-refractivity contribution in [3.63, 3.8) is 0 Å². The van der Waals surface area contributed by atoms with Crippen molar-refractivity contribution >= 4 is 0 Å². The number of fused-ring (bicyclic) bond motifs is 1. The molecule has 0 bridgehead atoms. The summed E-state index contributed by atoms with van der Waals surface area (Å²) < 4.78 is 5.71. The van der Waals surface area contributed by atoms with E-state index in [-0.39, 0.29) is 0 Å². The van der Waals surface area contributed by atoms with Crippen LogP contribution in [0.2, 0.25) is 0 Å². The summed E-state index contributed by atoms with van der Waals surface area (Å²) in [6.45, 7) is 6.70. The van der Waals surface area contributed by atoms with Crippen LogP contribution in [0.1, 0.15) is 52.4 Å². The molecule has 0 spiro atoms. The van der Waals surface area contributed by atoms with Gasteiger partial charge in [-0.2, -0.15) is 0 Å². The van der Waals surface area contributed by atoms with Gasteiger partial charge in [0.1, 0.15) is 0 Å². The van der Waals surface area contributed by atoms with Crippen LogP contribution in [0.4, 0.5) is 0 Å². The van der Waals surface area contributed by atoms with Crippen molar-refractivity contribution in [3.05, 3.63) is 0 Å². The first kappa shape index (κ1) is 10.5. The van der Waals surface area contributed by atoms with Gasteiger partial charge in [-0.25, -0.2) is 0 Å². The third-order valence-electron chi connectivity index (χ3n) is 4.28. The van der Waals surface area contributed by atoms with Crippen LogP contribution in [-0.4, -0.2) is 13.2 Å². The maximum Gasteiger partial charge on any atom is 0.0494 e. The summed E-state index contributed by atoms with van der Waals surface area (Å²) in [6, 6.07) is 0. The van der Waals surface area contributed by atoms with Gasteiger partial charge in [0.05, 0.1) is 0 Å². The van der Waals surface area contributed by atoms with Crippen molar-refractivity contribution in [2.24, 2.45) is 17.3 Å². The van der Waals surface area contributed by atoms with Crippen molar-refractivity contribution in [1.82, 2.24) is 0 Å². The van der Waals surface area contributed by atoms with Crippen LogP contribution in [0.25, 0.3) is 0 Å². The van der Waals surface area contributed by atoms with Gasteiger partial charge in [-0.05, 0) is 49.4 Å². The Morgan fingerprint density at radius 3 is 3.00 bits per heavy atom.